The fourth-order valence-electron chi connectivity index (χ4n) is 0.851. The summed E-state index contributed by atoms with van der Waals surface area (Å²) in [5.41, 5.74) is 0. The number of nitrogens with zero attached hydrogens (tertiary/aromatic N) is 2. The average Bonchev–Trinajstić information content (AvgIpc) is 2.11. The van der Waals surface area contributed by atoms with Crippen LogP contribution in [0.2, 0.25) is 0 Å². The minimum absolute atomic E-state index is 0.662. The second kappa shape index (κ2) is 5.14. The Balaban J connectivity index is 2.59. The molecule has 0 saturated heterocycles. The summed E-state index contributed by atoms with van der Waals surface area (Å²) in [4.78, 5) is 8.26. The van der Waals surface area contributed by atoms with Gasteiger partial charge < -0.3 is 10.1 Å². The number of anilines is 1. The molecule has 0 spiro atoms. The molecule has 0 amide bonds. The van der Waals surface area contributed by atoms with Crippen LogP contribution < -0.4 is 5.32 Å². The van der Waals surface area contributed by atoms with Crippen LogP contribution in [0.15, 0.2) is 10.7 Å². The van der Waals surface area contributed by atoms with E-state index in [2.05, 4.69) is 31.2 Å². The second-order valence-corrected chi connectivity index (χ2v) is 3.39. The maximum Gasteiger partial charge on any atom is 0.144 e. The van der Waals surface area contributed by atoms with E-state index in [1.54, 1.807) is 13.3 Å². The Bertz CT molecular complexity index is 280. The SMILES string of the molecule is COCCNc1nc(C)ncc1Br. The first-order chi connectivity index (χ1) is 6.24. The predicted octanol–water partition coefficient (Wildman–Crippen LogP) is 1.61. The van der Waals surface area contributed by atoms with Gasteiger partial charge in [0.2, 0.25) is 0 Å². The molecule has 0 bridgehead atoms. The van der Waals surface area contributed by atoms with Gasteiger partial charge in [-0.05, 0) is 22.9 Å². The number of aryl methyl sites for hydroxylation is 1. The van der Waals surface area contributed by atoms with E-state index >= 15 is 0 Å². The number of halogens is 1. The highest BCUT2D eigenvalue weighted by atomic mass is 79.9. The molecular formula is C8H12BrN3O. The zero-order valence-corrected chi connectivity index (χ0v) is 9.26. The number of hydrogen-bond donors (Lipinski definition) is 1. The van der Waals surface area contributed by atoms with Crippen LogP contribution in [0.5, 0.6) is 0 Å². The number of methoxy groups -OCH3 is 1. The van der Waals surface area contributed by atoms with Crippen molar-refractivity contribution in [1.82, 2.24) is 9.97 Å². The fraction of sp³-hybridized carbons (Fsp3) is 0.500. The van der Waals surface area contributed by atoms with Crippen LogP contribution in [0.3, 0.4) is 0 Å². The summed E-state index contributed by atoms with van der Waals surface area (Å²) in [6.07, 6.45) is 1.73. The van der Waals surface area contributed by atoms with E-state index in [0.717, 1.165) is 22.7 Å². The Kier molecular flexibility index (Phi) is 4.11. The molecule has 4 nitrogen and oxygen atoms in total. The Hall–Kier alpha value is -0.680. The molecule has 0 radical (unpaired) electrons. The van der Waals surface area contributed by atoms with Crippen molar-refractivity contribution < 1.29 is 4.74 Å². The summed E-state index contributed by atoms with van der Waals surface area (Å²) >= 11 is 3.35. The number of nitrogens with one attached hydrogen (secondary N) is 1. The van der Waals surface area contributed by atoms with Crippen molar-refractivity contribution in [3.63, 3.8) is 0 Å². The van der Waals surface area contributed by atoms with Gasteiger partial charge >= 0.3 is 0 Å². The smallest absolute Gasteiger partial charge is 0.144 e. The van der Waals surface area contributed by atoms with Crippen molar-refractivity contribution in [2.75, 3.05) is 25.6 Å². The molecule has 0 aliphatic heterocycles. The first kappa shape index (κ1) is 10.4. The minimum Gasteiger partial charge on any atom is -0.383 e. The molecule has 1 aromatic heterocycles. The molecule has 13 heavy (non-hydrogen) atoms. The lowest BCUT2D eigenvalue weighted by Crippen LogP contribution is -2.10. The van der Waals surface area contributed by atoms with Crippen LogP contribution in [0.1, 0.15) is 5.82 Å². The van der Waals surface area contributed by atoms with Crippen molar-refractivity contribution in [3.8, 4) is 0 Å². The number of ether oxygens (including phenoxy) is 1. The third-order valence-electron chi connectivity index (χ3n) is 1.46. The fourth-order valence-corrected chi connectivity index (χ4v) is 1.18. The molecule has 0 unspecified atom stereocenters. The summed E-state index contributed by atoms with van der Waals surface area (Å²) in [6.45, 7) is 3.26. The zero-order chi connectivity index (χ0) is 9.68. The first-order valence-electron chi connectivity index (χ1n) is 3.96. The summed E-state index contributed by atoms with van der Waals surface area (Å²) < 4.78 is 5.78. The standard InChI is InChI=1S/C8H12BrN3O/c1-6-11-5-7(9)8(12-6)10-3-4-13-2/h5H,3-4H2,1-2H3,(H,10,11,12). The Morgan fingerprint density at radius 2 is 2.38 bits per heavy atom. The third kappa shape index (κ3) is 3.28. The molecule has 1 N–H and O–H groups in total. The molecule has 0 aliphatic carbocycles. The van der Waals surface area contributed by atoms with Gasteiger partial charge in [0.15, 0.2) is 0 Å². The molecule has 0 fully saturated rings. The van der Waals surface area contributed by atoms with Crippen LogP contribution in [0.4, 0.5) is 5.82 Å². The van der Waals surface area contributed by atoms with Gasteiger partial charge in [-0.2, -0.15) is 0 Å². The van der Waals surface area contributed by atoms with E-state index in [1.165, 1.54) is 0 Å². The van der Waals surface area contributed by atoms with Crippen LogP contribution in [0, 0.1) is 6.92 Å². The van der Waals surface area contributed by atoms with Gasteiger partial charge in [0.1, 0.15) is 11.6 Å². The van der Waals surface area contributed by atoms with Gasteiger partial charge in [-0.1, -0.05) is 0 Å². The van der Waals surface area contributed by atoms with Crippen LogP contribution in [-0.4, -0.2) is 30.2 Å². The molecule has 5 heteroatoms. The van der Waals surface area contributed by atoms with Crippen molar-refractivity contribution in [3.05, 3.63) is 16.5 Å². The summed E-state index contributed by atoms with van der Waals surface area (Å²) in [6, 6.07) is 0. The minimum atomic E-state index is 0.662. The van der Waals surface area contributed by atoms with Gasteiger partial charge in [0.25, 0.3) is 0 Å². The van der Waals surface area contributed by atoms with Gasteiger partial charge in [-0.25, -0.2) is 9.97 Å². The highest BCUT2D eigenvalue weighted by molar-refractivity contribution is 9.10. The van der Waals surface area contributed by atoms with Gasteiger partial charge in [0.05, 0.1) is 11.1 Å². The molecular weight excluding hydrogens is 234 g/mol. The molecule has 1 aromatic rings. The molecule has 1 heterocycles. The van der Waals surface area contributed by atoms with Crippen LogP contribution in [-0.2, 0) is 4.74 Å². The summed E-state index contributed by atoms with van der Waals surface area (Å²) in [7, 11) is 1.67. The molecule has 72 valence electrons. The lowest BCUT2D eigenvalue weighted by molar-refractivity contribution is 0.210. The maximum absolute atomic E-state index is 4.91. The highest BCUT2D eigenvalue weighted by Gasteiger charge is 2.00. The second-order valence-electron chi connectivity index (χ2n) is 2.53. The van der Waals surface area contributed by atoms with E-state index in [0.29, 0.717) is 6.61 Å². The summed E-state index contributed by atoms with van der Waals surface area (Å²) in [5, 5.41) is 3.13. The van der Waals surface area contributed by atoms with E-state index in [-0.39, 0.29) is 0 Å². The van der Waals surface area contributed by atoms with Gasteiger partial charge in [-0.15, -0.1) is 0 Å². The quantitative estimate of drug-likeness (QED) is 0.820. The molecule has 0 saturated carbocycles. The van der Waals surface area contributed by atoms with Crippen molar-refractivity contribution >= 4 is 21.7 Å². The molecule has 0 aliphatic rings. The van der Waals surface area contributed by atoms with Gasteiger partial charge in [-0.3, -0.25) is 0 Å². The number of aromatic nitrogens is 2. The van der Waals surface area contributed by atoms with Crippen LogP contribution in [0.25, 0.3) is 0 Å². The third-order valence-corrected chi connectivity index (χ3v) is 2.04. The lowest BCUT2D eigenvalue weighted by Gasteiger charge is -2.06. The topological polar surface area (TPSA) is 47.0 Å². The average molecular weight is 246 g/mol. The Morgan fingerprint density at radius 1 is 1.62 bits per heavy atom. The van der Waals surface area contributed by atoms with E-state index in [4.69, 9.17) is 4.74 Å². The lowest BCUT2D eigenvalue weighted by atomic mass is 10.5. The zero-order valence-electron chi connectivity index (χ0n) is 7.67. The maximum atomic E-state index is 4.91. The predicted molar refractivity (Wildman–Crippen MR) is 54.8 cm³/mol. The van der Waals surface area contributed by atoms with E-state index < -0.39 is 0 Å². The normalized spacial score (nSPS) is 10.1. The molecule has 0 atom stereocenters. The number of hydrogen-bond acceptors (Lipinski definition) is 4. The Labute approximate surface area is 85.9 Å². The molecule has 0 aromatic carbocycles. The van der Waals surface area contributed by atoms with Crippen LogP contribution >= 0.6 is 15.9 Å². The first-order valence-corrected chi connectivity index (χ1v) is 4.75. The molecule has 1 rings (SSSR count). The monoisotopic (exact) mass is 245 g/mol. The van der Waals surface area contributed by atoms with Crippen molar-refractivity contribution in [1.29, 1.82) is 0 Å². The van der Waals surface area contributed by atoms with E-state index in [9.17, 15) is 0 Å². The van der Waals surface area contributed by atoms with Crippen molar-refractivity contribution in [2.24, 2.45) is 0 Å². The number of rotatable bonds is 4. The highest BCUT2D eigenvalue weighted by Crippen LogP contribution is 2.17. The summed E-state index contributed by atoms with van der Waals surface area (Å²) in [5.74, 6) is 1.56. The largest absolute Gasteiger partial charge is 0.383 e. The Morgan fingerprint density at radius 3 is 3.08 bits per heavy atom. The van der Waals surface area contributed by atoms with Crippen molar-refractivity contribution in [2.45, 2.75) is 6.92 Å². The van der Waals surface area contributed by atoms with E-state index in [1.807, 2.05) is 6.92 Å². The van der Waals surface area contributed by atoms with Gasteiger partial charge in [0, 0.05) is 19.9 Å².